The van der Waals surface area contributed by atoms with Gasteiger partial charge in [-0.1, -0.05) is 29.8 Å². The summed E-state index contributed by atoms with van der Waals surface area (Å²) in [4.78, 5) is 2.23. The van der Waals surface area contributed by atoms with Crippen LogP contribution >= 0.6 is 27.7 Å². The Morgan fingerprint density at radius 1 is 1.33 bits per heavy atom. The van der Waals surface area contributed by atoms with E-state index in [9.17, 15) is 0 Å². The summed E-state index contributed by atoms with van der Waals surface area (Å²) < 4.78 is 0. The second-order valence-electron chi connectivity index (χ2n) is 4.15. The van der Waals surface area contributed by atoms with Crippen LogP contribution in [0.2, 0.25) is 0 Å². The first-order valence-electron chi connectivity index (χ1n) is 4.26. The number of thioether (sulfide) groups is 1. The molecule has 0 aliphatic heterocycles. The summed E-state index contributed by atoms with van der Waals surface area (Å²) in [7, 11) is 4.24. The molecule has 0 saturated heterocycles. The van der Waals surface area contributed by atoms with Crippen LogP contribution < -0.4 is 0 Å². The Balaban J connectivity index is 3.31. The predicted octanol–water partition coefficient (Wildman–Crippen LogP) is 2.70. The number of halogens is 1. The molecule has 12 heavy (non-hydrogen) atoms. The van der Waals surface area contributed by atoms with Crippen molar-refractivity contribution in [3.05, 3.63) is 0 Å². The zero-order valence-corrected chi connectivity index (χ0v) is 11.0. The lowest BCUT2D eigenvalue weighted by Gasteiger charge is -2.21. The Morgan fingerprint density at radius 3 is 2.33 bits per heavy atom. The fourth-order valence-corrected chi connectivity index (χ4v) is 2.39. The SMILES string of the molecule is CN(C)CCSCC(C)(C)CBr. The van der Waals surface area contributed by atoms with E-state index in [0.717, 1.165) is 5.33 Å². The van der Waals surface area contributed by atoms with Crippen LogP contribution in [0, 0.1) is 5.41 Å². The molecule has 0 aliphatic rings. The highest BCUT2D eigenvalue weighted by molar-refractivity contribution is 9.09. The predicted molar refractivity (Wildman–Crippen MR) is 63.5 cm³/mol. The molecule has 0 spiro atoms. The summed E-state index contributed by atoms with van der Waals surface area (Å²) >= 11 is 5.57. The summed E-state index contributed by atoms with van der Waals surface area (Å²) in [5.41, 5.74) is 0.441. The molecule has 74 valence electrons. The van der Waals surface area contributed by atoms with Crippen LogP contribution in [0.1, 0.15) is 13.8 Å². The molecule has 0 bridgehead atoms. The molecule has 0 aromatic carbocycles. The minimum atomic E-state index is 0.441. The van der Waals surface area contributed by atoms with Gasteiger partial charge in [0.25, 0.3) is 0 Å². The summed E-state index contributed by atoms with van der Waals surface area (Å²) in [5, 5.41) is 1.09. The fourth-order valence-electron chi connectivity index (χ4n) is 0.634. The van der Waals surface area contributed by atoms with Gasteiger partial charge in [0.05, 0.1) is 0 Å². The highest BCUT2D eigenvalue weighted by Gasteiger charge is 2.15. The van der Waals surface area contributed by atoms with E-state index in [1.54, 1.807) is 0 Å². The number of alkyl halides is 1. The number of nitrogens with zero attached hydrogens (tertiary/aromatic N) is 1. The van der Waals surface area contributed by atoms with Crippen molar-refractivity contribution in [3.8, 4) is 0 Å². The van der Waals surface area contributed by atoms with Gasteiger partial charge >= 0.3 is 0 Å². The smallest absolute Gasteiger partial charge is 0.00905 e. The second-order valence-corrected chi connectivity index (χ2v) is 5.82. The monoisotopic (exact) mass is 253 g/mol. The Morgan fingerprint density at radius 2 is 1.92 bits per heavy atom. The molecule has 0 atom stereocenters. The first-order valence-corrected chi connectivity index (χ1v) is 6.54. The molecule has 0 unspecified atom stereocenters. The third-order valence-corrected chi connectivity index (χ3v) is 4.51. The topological polar surface area (TPSA) is 3.24 Å². The highest BCUT2D eigenvalue weighted by Crippen LogP contribution is 2.23. The van der Waals surface area contributed by atoms with Gasteiger partial charge in [0.2, 0.25) is 0 Å². The van der Waals surface area contributed by atoms with E-state index >= 15 is 0 Å². The Labute approximate surface area is 89.4 Å². The van der Waals surface area contributed by atoms with Gasteiger partial charge in [-0.15, -0.1) is 0 Å². The Kier molecular flexibility index (Phi) is 6.69. The summed E-state index contributed by atoms with van der Waals surface area (Å²) in [5.74, 6) is 2.48. The van der Waals surface area contributed by atoms with Crippen molar-refractivity contribution >= 4 is 27.7 Å². The van der Waals surface area contributed by atoms with Gasteiger partial charge in [0.1, 0.15) is 0 Å². The first kappa shape index (κ1) is 12.8. The number of hydrogen-bond acceptors (Lipinski definition) is 2. The maximum absolute atomic E-state index is 3.53. The lowest BCUT2D eigenvalue weighted by molar-refractivity contribution is 0.436. The van der Waals surface area contributed by atoms with Crippen molar-refractivity contribution in [2.45, 2.75) is 13.8 Å². The molecule has 0 heterocycles. The molecule has 0 radical (unpaired) electrons. The molecule has 0 amide bonds. The largest absolute Gasteiger partial charge is 0.309 e. The molecule has 3 heteroatoms. The van der Waals surface area contributed by atoms with Gasteiger partial charge in [-0.05, 0) is 25.3 Å². The van der Waals surface area contributed by atoms with Crippen LogP contribution in [0.25, 0.3) is 0 Å². The van der Waals surface area contributed by atoms with Crippen molar-refractivity contribution in [2.24, 2.45) is 5.41 Å². The van der Waals surface area contributed by atoms with Gasteiger partial charge in [-0.3, -0.25) is 0 Å². The molecule has 0 aromatic rings. The van der Waals surface area contributed by atoms with Gasteiger partial charge < -0.3 is 4.90 Å². The third kappa shape index (κ3) is 7.44. The fraction of sp³-hybridized carbons (Fsp3) is 1.00. The average Bonchev–Trinajstić information content (AvgIpc) is 1.98. The van der Waals surface area contributed by atoms with E-state index in [1.165, 1.54) is 18.1 Å². The third-order valence-electron chi connectivity index (χ3n) is 1.54. The van der Waals surface area contributed by atoms with Crippen molar-refractivity contribution < 1.29 is 0 Å². The van der Waals surface area contributed by atoms with Crippen LogP contribution in [-0.4, -0.2) is 42.4 Å². The maximum Gasteiger partial charge on any atom is 0.00905 e. The minimum Gasteiger partial charge on any atom is -0.309 e. The van der Waals surface area contributed by atoms with Crippen molar-refractivity contribution in [1.82, 2.24) is 4.90 Å². The van der Waals surface area contributed by atoms with E-state index in [0.29, 0.717) is 5.41 Å². The molecular formula is C9H20BrNS. The quantitative estimate of drug-likeness (QED) is 0.529. The van der Waals surface area contributed by atoms with Gasteiger partial charge in [0, 0.05) is 17.6 Å². The van der Waals surface area contributed by atoms with Crippen molar-refractivity contribution in [2.75, 3.05) is 37.5 Å². The molecule has 0 rings (SSSR count). The van der Waals surface area contributed by atoms with Gasteiger partial charge in [0.15, 0.2) is 0 Å². The van der Waals surface area contributed by atoms with E-state index in [2.05, 4.69) is 48.8 Å². The molecule has 1 nitrogen and oxygen atoms in total. The Bertz CT molecular complexity index is 115. The van der Waals surface area contributed by atoms with E-state index in [4.69, 9.17) is 0 Å². The standard InChI is InChI=1S/C9H20BrNS/c1-9(2,7-10)8-12-6-5-11(3)4/h5-8H2,1-4H3. The van der Waals surface area contributed by atoms with E-state index < -0.39 is 0 Å². The number of rotatable bonds is 6. The molecule has 0 N–H and O–H groups in total. The Hall–Kier alpha value is 0.790. The van der Waals surface area contributed by atoms with Gasteiger partial charge in [-0.2, -0.15) is 11.8 Å². The lowest BCUT2D eigenvalue weighted by Crippen LogP contribution is -2.19. The second kappa shape index (κ2) is 6.28. The summed E-state index contributed by atoms with van der Waals surface area (Å²) in [6, 6.07) is 0. The van der Waals surface area contributed by atoms with E-state index in [1.807, 2.05) is 11.8 Å². The molecular weight excluding hydrogens is 234 g/mol. The summed E-state index contributed by atoms with van der Waals surface area (Å²) in [6.45, 7) is 5.78. The maximum atomic E-state index is 3.53. The number of hydrogen-bond donors (Lipinski definition) is 0. The molecule has 0 fully saturated rings. The minimum absolute atomic E-state index is 0.441. The molecule has 0 aromatic heterocycles. The lowest BCUT2D eigenvalue weighted by atomic mass is 10.0. The van der Waals surface area contributed by atoms with Gasteiger partial charge in [-0.25, -0.2) is 0 Å². The normalized spacial score (nSPS) is 12.5. The van der Waals surface area contributed by atoms with Crippen LogP contribution in [0.15, 0.2) is 0 Å². The van der Waals surface area contributed by atoms with E-state index in [-0.39, 0.29) is 0 Å². The van der Waals surface area contributed by atoms with Crippen LogP contribution in [0.5, 0.6) is 0 Å². The van der Waals surface area contributed by atoms with Crippen molar-refractivity contribution in [3.63, 3.8) is 0 Å². The van der Waals surface area contributed by atoms with Crippen LogP contribution in [0.3, 0.4) is 0 Å². The molecule has 0 saturated carbocycles. The zero-order chi connectivity index (χ0) is 9.61. The van der Waals surface area contributed by atoms with Crippen LogP contribution in [0.4, 0.5) is 0 Å². The average molecular weight is 254 g/mol. The van der Waals surface area contributed by atoms with Crippen molar-refractivity contribution in [1.29, 1.82) is 0 Å². The molecule has 0 aliphatic carbocycles. The first-order chi connectivity index (χ1) is 5.48. The highest BCUT2D eigenvalue weighted by atomic mass is 79.9. The summed E-state index contributed by atoms with van der Waals surface area (Å²) in [6.07, 6.45) is 0. The zero-order valence-electron chi connectivity index (χ0n) is 8.56. The van der Waals surface area contributed by atoms with Crippen LogP contribution in [-0.2, 0) is 0 Å².